The average molecular weight is 235 g/mol. The predicted molar refractivity (Wildman–Crippen MR) is 71.0 cm³/mol. The van der Waals surface area contributed by atoms with E-state index in [4.69, 9.17) is 0 Å². The van der Waals surface area contributed by atoms with Crippen molar-refractivity contribution in [3.8, 4) is 0 Å². The van der Waals surface area contributed by atoms with E-state index in [1.807, 2.05) is 17.9 Å². The molecule has 1 aromatic rings. The van der Waals surface area contributed by atoms with Crippen LogP contribution in [0, 0.1) is 5.92 Å². The summed E-state index contributed by atoms with van der Waals surface area (Å²) in [6.45, 7) is 3.40. The molecule has 1 aromatic heterocycles. The lowest BCUT2D eigenvalue weighted by Crippen LogP contribution is -2.40. The Labute approximate surface area is 105 Å². The number of hydrogen-bond donors (Lipinski definition) is 1. The van der Waals surface area contributed by atoms with Gasteiger partial charge in [0, 0.05) is 19.3 Å². The summed E-state index contributed by atoms with van der Waals surface area (Å²) >= 11 is 0. The molecule has 0 radical (unpaired) electrons. The zero-order valence-electron chi connectivity index (χ0n) is 11.2. The fourth-order valence-electron chi connectivity index (χ4n) is 2.60. The van der Waals surface area contributed by atoms with Gasteiger partial charge < -0.3 is 5.32 Å². The lowest BCUT2D eigenvalue weighted by atomic mass is 9.78. The summed E-state index contributed by atoms with van der Waals surface area (Å²) < 4.78 is 1.90. The third-order valence-electron chi connectivity index (χ3n) is 3.88. The van der Waals surface area contributed by atoms with Crippen molar-refractivity contribution in [2.24, 2.45) is 13.0 Å². The zero-order valence-corrected chi connectivity index (χ0v) is 11.2. The Morgan fingerprint density at radius 2 is 2.35 bits per heavy atom. The quantitative estimate of drug-likeness (QED) is 0.787. The molecule has 1 N–H and O–H groups in total. The van der Waals surface area contributed by atoms with Gasteiger partial charge in [0.2, 0.25) is 0 Å². The van der Waals surface area contributed by atoms with Crippen LogP contribution < -0.4 is 5.32 Å². The fourth-order valence-corrected chi connectivity index (χ4v) is 2.60. The first-order valence-corrected chi connectivity index (χ1v) is 7.00. The van der Waals surface area contributed by atoms with Crippen molar-refractivity contribution in [2.45, 2.75) is 51.5 Å². The van der Waals surface area contributed by atoms with Gasteiger partial charge in [-0.05, 0) is 50.1 Å². The molecule has 2 rings (SSSR count). The molecule has 1 unspecified atom stereocenters. The lowest BCUT2D eigenvalue weighted by Gasteiger charge is -2.34. The first-order chi connectivity index (χ1) is 8.29. The second-order valence-corrected chi connectivity index (χ2v) is 5.31. The first kappa shape index (κ1) is 12.6. The molecule has 0 spiro atoms. The van der Waals surface area contributed by atoms with E-state index in [2.05, 4.69) is 23.5 Å². The molecule has 1 atom stereocenters. The van der Waals surface area contributed by atoms with E-state index in [0.717, 1.165) is 24.9 Å². The van der Waals surface area contributed by atoms with Gasteiger partial charge in [-0.3, -0.25) is 4.68 Å². The fraction of sp³-hybridized carbons (Fsp3) is 0.786. The summed E-state index contributed by atoms with van der Waals surface area (Å²) in [6, 6.07) is 0.726. The molecular weight excluding hydrogens is 210 g/mol. The SMILES string of the molecule is CCCNC(CCc1cnn(C)c1)C1CCC1. The number of nitrogens with one attached hydrogen (secondary N) is 1. The van der Waals surface area contributed by atoms with Gasteiger partial charge in [0.05, 0.1) is 6.20 Å². The molecule has 1 saturated carbocycles. The minimum atomic E-state index is 0.726. The molecule has 96 valence electrons. The van der Waals surface area contributed by atoms with Crippen LogP contribution in [0.4, 0.5) is 0 Å². The monoisotopic (exact) mass is 235 g/mol. The van der Waals surface area contributed by atoms with E-state index < -0.39 is 0 Å². The summed E-state index contributed by atoms with van der Waals surface area (Å²) in [5, 5.41) is 7.95. The highest BCUT2D eigenvalue weighted by atomic mass is 15.2. The highest BCUT2D eigenvalue weighted by Crippen LogP contribution is 2.31. The van der Waals surface area contributed by atoms with Gasteiger partial charge in [0.1, 0.15) is 0 Å². The van der Waals surface area contributed by atoms with Gasteiger partial charge in [-0.1, -0.05) is 13.3 Å². The highest BCUT2D eigenvalue weighted by molar-refractivity contribution is 5.04. The van der Waals surface area contributed by atoms with E-state index >= 15 is 0 Å². The topological polar surface area (TPSA) is 29.9 Å². The first-order valence-electron chi connectivity index (χ1n) is 7.00. The second kappa shape index (κ2) is 6.20. The van der Waals surface area contributed by atoms with Gasteiger partial charge in [-0.2, -0.15) is 5.10 Å². The van der Waals surface area contributed by atoms with Crippen molar-refractivity contribution >= 4 is 0 Å². The third-order valence-corrected chi connectivity index (χ3v) is 3.88. The Morgan fingerprint density at radius 3 is 2.88 bits per heavy atom. The predicted octanol–water partition coefficient (Wildman–Crippen LogP) is 2.52. The Bertz CT molecular complexity index is 328. The number of nitrogens with zero attached hydrogens (tertiary/aromatic N) is 2. The normalized spacial score (nSPS) is 18.0. The van der Waals surface area contributed by atoms with Gasteiger partial charge in [0.15, 0.2) is 0 Å². The van der Waals surface area contributed by atoms with Crippen LogP contribution >= 0.6 is 0 Å². The molecule has 17 heavy (non-hydrogen) atoms. The maximum Gasteiger partial charge on any atom is 0.0521 e. The summed E-state index contributed by atoms with van der Waals surface area (Å²) in [7, 11) is 1.99. The van der Waals surface area contributed by atoms with Crippen molar-refractivity contribution in [3.05, 3.63) is 18.0 Å². The molecule has 1 fully saturated rings. The van der Waals surface area contributed by atoms with Crippen molar-refractivity contribution < 1.29 is 0 Å². The van der Waals surface area contributed by atoms with Crippen molar-refractivity contribution in [1.29, 1.82) is 0 Å². The van der Waals surface area contributed by atoms with Gasteiger partial charge in [-0.15, -0.1) is 0 Å². The van der Waals surface area contributed by atoms with Gasteiger partial charge >= 0.3 is 0 Å². The van der Waals surface area contributed by atoms with Crippen molar-refractivity contribution in [3.63, 3.8) is 0 Å². The van der Waals surface area contributed by atoms with Crippen LogP contribution in [0.2, 0.25) is 0 Å². The van der Waals surface area contributed by atoms with Crippen molar-refractivity contribution in [1.82, 2.24) is 15.1 Å². The molecule has 1 heterocycles. The summed E-state index contributed by atoms with van der Waals surface area (Å²) in [4.78, 5) is 0. The maximum atomic E-state index is 4.23. The average Bonchev–Trinajstić information content (AvgIpc) is 2.65. The van der Waals surface area contributed by atoms with E-state index in [1.165, 1.54) is 37.7 Å². The number of rotatable bonds is 7. The highest BCUT2D eigenvalue weighted by Gasteiger charge is 2.26. The standard InChI is InChI=1S/C14H25N3/c1-3-9-15-14(13-5-4-6-13)8-7-12-10-16-17(2)11-12/h10-11,13-15H,3-9H2,1-2H3. The number of aryl methyl sites for hydroxylation is 2. The molecular formula is C14H25N3. The summed E-state index contributed by atoms with van der Waals surface area (Å²) in [6.07, 6.45) is 12.1. The molecule has 0 aromatic carbocycles. The van der Waals surface area contributed by atoms with Crippen LogP contribution in [0.5, 0.6) is 0 Å². The van der Waals surface area contributed by atoms with E-state index in [9.17, 15) is 0 Å². The number of aromatic nitrogens is 2. The molecule has 0 saturated heterocycles. The molecule has 1 aliphatic rings. The van der Waals surface area contributed by atoms with Crippen LogP contribution in [0.25, 0.3) is 0 Å². The summed E-state index contributed by atoms with van der Waals surface area (Å²) in [5.74, 6) is 0.929. The molecule has 3 heteroatoms. The van der Waals surface area contributed by atoms with Crippen LogP contribution in [-0.2, 0) is 13.5 Å². The molecule has 0 bridgehead atoms. The Balaban J connectivity index is 1.79. The smallest absolute Gasteiger partial charge is 0.0521 e. The number of hydrogen-bond acceptors (Lipinski definition) is 2. The Morgan fingerprint density at radius 1 is 1.53 bits per heavy atom. The van der Waals surface area contributed by atoms with Crippen LogP contribution in [0.15, 0.2) is 12.4 Å². The maximum absolute atomic E-state index is 4.23. The molecule has 0 aliphatic heterocycles. The summed E-state index contributed by atoms with van der Waals surface area (Å²) in [5.41, 5.74) is 1.37. The second-order valence-electron chi connectivity index (χ2n) is 5.31. The zero-order chi connectivity index (χ0) is 12.1. The minimum Gasteiger partial charge on any atom is -0.314 e. The molecule has 1 aliphatic carbocycles. The van der Waals surface area contributed by atoms with Crippen LogP contribution in [0.1, 0.15) is 44.6 Å². The largest absolute Gasteiger partial charge is 0.314 e. The third kappa shape index (κ3) is 3.56. The Kier molecular flexibility index (Phi) is 4.60. The van der Waals surface area contributed by atoms with Gasteiger partial charge in [0.25, 0.3) is 0 Å². The van der Waals surface area contributed by atoms with Crippen LogP contribution in [-0.4, -0.2) is 22.4 Å². The van der Waals surface area contributed by atoms with Gasteiger partial charge in [-0.25, -0.2) is 0 Å². The molecule has 3 nitrogen and oxygen atoms in total. The van der Waals surface area contributed by atoms with Crippen molar-refractivity contribution in [2.75, 3.05) is 6.54 Å². The van der Waals surface area contributed by atoms with E-state index in [0.29, 0.717) is 0 Å². The molecule has 0 amide bonds. The lowest BCUT2D eigenvalue weighted by molar-refractivity contribution is 0.220. The van der Waals surface area contributed by atoms with E-state index in [1.54, 1.807) is 0 Å². The van der Waals surface area contributed by atoms with Crippen LogP contribution in [0.3, 0.4) is 0 Å². The minimum absolute atomic E-state index is 0.726. The van der Waals surface area contributed by atoms with E-state index in [-0.39, 0.29) is 0 Å². The Hall–Kier alpha value is -0.830.